The molecule has 0 amide bonds. The predicted octanol–water partition coefficient (Wildman–Crippen LogP) is 2.28. The van der Waals surface area contributed by atoms with Crippen LogP contribution >= 0.6 is 0 Å². The fourth-order valence-electron chi connectivity index (χ4n) is 1.72. The van der Waals surface area contributed by atoms with E-state index in [0.717, 1.165) is 22.3 Å². The molecule has 0 spiro atoms. The van der Waals surface area contributed by atoms with Gasteiger partial charge < -0.3 is 10.7 Å². The zero-order chi connectivity index (χ0) is 11.1. The highest BCUT2D eigenvalue weighted by Crippen LogP contribution is 2.23. The number of hydrogen-bond acceptors (Lipinski definition) is 2. The number of nitrogens with two attached hydrogens (primary N) is 1. The zero-order valence-corrected chi connectivity index (χ0v) is 8.29. The number of hydrogen-bond donors (Lipinski definition) is 3. The molecule has 0 aliphatic heterocycles. The van der Waals surface area contributed by atoms with Crippen LogP contribution in [0.3, 0.4) is 0 Å². The summed E-state index contributed by atoms with van der Waals surface area (Å²) in [5, 5.41) is 7.46. The molecule has 0 saturated heterocycles. The van der Waals surface area contributed by atoms with Gasteiger partial charge in [0.1, 0.15) is 11.6 Å². The Morgan fingerprint density at radius 3 is 2.75 bits per heavy atom. The van der Waals surface area contributed by atoms with Crippen LogP contribution in [0, 0.1) is 5.82 Å². The van der Waals surface area contributed by atoms with Crippen LogP contribution in [-0.2, 0) is 0 Å². The number of halogens is 1. The minimum absolute atomic E-state index is 0.248. The largest absolute Gasteiger partial charge is 0.382 e. The van der Waals surface area contributed by atoms with Crippen molar-refractivity contribution in [1.29, 1.82) is 0 Å². The van der Waals surface area contributed by atoms with Crippen molar-refractivity contribution < 1.29 is 4.39 Å². The number of rotatable bonds is 1. The summed E-state index contributed by atoms with van der Waals surface area (Å²) in [4.78, 5) is 3.16. The first-order chi connectivity index (χ1) is 7.72. The summed E-state index contributed by atoms with van der Waals surface area (Å²) in [5.74, 6) is 0.182. The number of nitrogen functional groups attached to an aromatic ring is 1. The molecule has 4 nitrogen and oxygen atoms in total. The number of H-pyrrole nitrogens is 2. The van der Waals surface area contributed by atoms with Gasteiger partial charge in [-0.1, -0.05) is 0 Å². The monoisotopic (exact) mass is 216 g/mol. The summed E-state index contributed by atoms with van der Waals surface area (Å²) in [6, 6.07) is 8.18. The van der Waals surface area contributed by atoms with Crippen molar-refractivity contribution in [3.63, 3.8) is 0 Å². The van der Waals surface area contributed by atoms with Crippen LogP contribution in [0.1, 0.15) is 0 Å². The number of aromatic nitrogens is 3. The average molecular weight is 216 g/mol. The van der Waals surface area contributed by atoms with Gasteiger partial charge in [0.25, 0.3) is 0 Å². The molecule has 0 aliphatic rings. The van der Waals surface area contributed by atoms with E-state index in [9.17, 15) is 4.39 Å². The Morgan fingerprint density at radius 1 is 1.12 bits per heavy atom. The van der Waals surface area contributed by atoms with Crippen LogP contribution in [0.4, 0.5) is 10.2 Å². The number of nitrogens with zero attached hydrogens (tertiary/aromatic N) is 1. The van der Waals surface area contributed by atoms with E-state index in [1.165, 1.54) is 12.1 Å². The predicted molar refractivity (Wildman–Crippen MR) is 60.3 cm³/mol. The van der Waals surface area contributed by atoms with Gasteiger partial charge in [-0.3, -0.25) is 5.10 Å². The van der Waals surface area contributed by atoms with Crippen LogP contribution in [0.25, 0.3) is 22.3 Å². The zero-order valence-electron chi connectivity index (χ0n) is 8.29. The maximum Gasteiger partial charge on any atom is 0.145 e. The lowest BCUT2D eigenvalue weighted by molar-refractivity contribution is 0.630. The molecule has 1 aromatic carbocycles. The Morgan fingerprint density at radius 2 is 2.00 bits per heavy atom. The van der Waals surface area contributed by atoms with Gasteiger partial charge in [-0.2, -0.15) is 5.10 Å². The second kappa shape index (κ2) is 3.10. The van der Waals surface area contributed by atoms with E-state index in [1.54, 1.807) is 12.1 Å². The minimum Gasteiger partial charge on any atom is -0.382 e. The smallest absolute Gasteiger partial charge is 0.145 e. The second-order valence-electron chi connectivity index (χ2n) is 3.62. The fourth-order valence-corrected chi connectivity index (χ4v) is 1.72. The van der Waals surface area contributed by atoms with E-state index in [-0.39, 0.29) is 5.82 Å². The normalized spacial score (nSPS) is 11.1. The summed E-state index contributed by atoms with van der Waals surface area (Å²) < 4.78 is 13.0. The van der Waals surface area contributed by atoms with Crippen molar-refractivity contribution in [3.05, 3.63) is 36.1 Å². The molecule has 0 saturated carbocycles. The summed E-state index contributed by atoms with van der Waals surface area (Å²) in [7, 11) is 0. The lowest BCUT2D eigenvalue weighted by Gasteiger charge is -1.89. The fraction of sp³-hybridized carbons (Fsp3) is 0. The molecule has 4 N–H and O–H groups in total. The molecule has 80 valence electrons. The van der Waals surface area contributed by atoms with E-state index in [1.807, 2.05) is 6.07 Å². The standard InChI is InChI=1S/C11H9FN4/c12-7-1-2-8-6(3-7)4-9(14-8)10-5-11(13)16-15-10/h1-5,14H,(H3,13,15,16). The van der Waals surface area contributed by atoms with Crippen LogP contribution in [0.2, 0.25) is 0 Å². The first-order valence-electron chi connectivity index (χ1n) is 4.82. The van der Waals surface area contributed by atoms with Gasteiger partial charge >= 0.3 is 0 Å². The molecular formula is C11H9FN4. The summed E-state index contributed by atoms with van der Waals surface area (Å²) in [5.41, 5.74) is 8.02. The Kier molecular flexibility index (Phi) is 1.73. The summed E-state index contributed by atoms with van der Waals surface area (Å²) in [6.45, 7) is 0. The number of anilines is 1. The molecule has 3 aromatic rings. The number of fused-ring (bicyclic) bond motifs is 1. The van der Waals surface area contributed by atoms with Crippen molar-refractivity contribution in [2.45, 2.75) is 0 Å². The molecule has 0 aliphatic carbocycles. The summed E-state index contributed by atoms with van der Waals surface area (Å²) >= 11 is 0. The number of benzene rings is 1. The van der Waals surface area contributed by atoms with Crippen molar-refractivity contribution >= 4 is 16.7 Å². The average Bonchev–Trinajstić information content (AvgIpc) is 2.83. The van der Waals surface area contributed by atoms with Gasteiger partial charge in [0.05, 0.1) is 11.4 Å². The van der Waals surface area contributed by atoms with Crippen LogP contribution in [-0.4, -0.2) is 15.2 Å². The lowest BCUT2D eigenvalue weighted by Crippen LogP contribution is -1.81. The summed E-state index contributed by atoms with van der Waals surface area (Å²) in [6.07, 6.45) is 0. The quantitative estimate of drug-likeness (QED) is 0.584. The highest BCUT2D eigenvalue weighted by Gasteiger charge is 2.06. The highest BCUT2D eigenvalue weighted by atomic mass is 19.1. The molecule has 0 bridgehead atoms. The van der Waals surface area contributed by atoms with E-state index in [0.29, 0.717) is 5.82 Å². The van der Waals surface area contributed by atoms with Crippen molar-refractivity contribution in [2.24, 2.45) is 0 Å². The third kappa shape index (κ3) is 1.33. The van der Waals surface area contributed by atoms with Gasteiger partial charge in [-0.05, 0) is 24.3 Å². The maximum absolute atomic E-state index is 13.0. The van der Waals surface area contributed by atoms with Crippen LogP contribution in [0.15, 0.2) is 30.3 Å². The van der Waals surface area contributed by atoms with E-state index >= 15 is 0 Å². The molecule has 0 atom stereocenters. The first kappa shape index (κ1) is 8.96. The number of nitrogens with one attached hydrogen (secondary N) is 2. The molecule has 0 fully saturated rings. The second-order valence-corrected chi connectivity index (χ2v) is 3.62. The molecule has 0 unspecified atom stereocenters. The Bertz CT molecular complexity index is 653. The SMILES string of the molecule is Nc1cc(-c2cc3cc(F)ccc3[nH]2)[nH]n1. The Balaban J connectivity index is 2.18. The first-order valence-corrected chi connectivity index (χ1v) is 4.82. The van der Waals surface area contributed by atoms with E-state index < -0.39 is 0 Å². The molecule has 3 rings (SSSR count). The minimum atomic E-state index is -0.248. The van der Waals surface area contributed by atoms with Gasteiger partial charge in [0, 0.05) is 17.0 Å². The van der Waals surface area contributed by atoms with Crippen molar-refractivity contribution in [1.82, 2.24) is 15.2 Å². The molecule has 2 heterocycles. The van der Waals surface area contributed by atoms with Crippen molar-refractivity contribution in [2.75, 3.05) is 5.73 Å². The van der Waals surface area contributed by atoms with Crippen LogP contribution in [0.5, 0.6) is 0 Å². The van der Waals surface area contributed by atoms with E-state index in [2.05, 4.69) is 15.2 Å². The van der Waals surface area contributed by atoms with Gasteiger partial charge in [-0.25, -0.2) is 4.39 Å². The maximum atomic E-state index is 13.0. The topological polar surface area (TPSA) is 70.5 Å². The lowest BCUT2D eigenvalue weighted by atomic mass is 10.2. The van der Waals surface area contributed by atoms with Gasteiger partial charge in [-0.15, -0.1) is 0 Å². The van der Waals surface area contributed by atoms with E-state index in [4.69, 9.17) is 5.73 Å². The van der Waals surface area contributed by atoms with Crippen molar-refractivity contribution in [3.8, 4) is 11.4 Å². The highest BCUT2D eigenvalue weighted by molar-refractivity contribution is 5.85. The molecule has 0 radical (unpaired) electrons. The third-order valence-corrected chi connectivity index (χ3v) is 2.47. The molecule has 2 aromatic heterocycles. The molecule has 16 heavy (non-hydrogen) atoms. The van der Waals surface area contributed by atoms with Crippen LogP contribution < -0.4 is 5.73 Å². The Labute approximate surface area is 90.3 Å². The van der Waals surface area contributed by atoms with Gasteiger partial charge in [0.2, 0.25) is 0 Å². The third-order valence-electron chi connectivity index (χ3n) is 2.47. The Hall–Kier alpha value is -2.30. The van der Waals surface area contributed by atoms with Gasteiger partial charge in [0.15, 0.2) is 0 Å². The molecular weight excluding hydrogens is 207 g/mol. The number of aromatic amines is 2. The molecule has 5 heteroatoms.